The topological polar surface area (TPSA) is 87.7 Å². The first-order valence-electron chi connectivity index (χ1n) is 8.60. The number of carbonyl (C=O) groups excluding carboxylic acids is 3. The van der Waals surface area contributed by atoms with Crippen molar-refractivity contribution in [1.82, 2.24) is 0 Å². The SMILES string of the molecule is O=C(Nc1ccc(OC(F)(F)F)cc1)C(=O)Nc1cccc(N2CCCC2=O)c1. The zero-order valence-corrected chi connectivity index (χ0v) is 15.0. The van der Waals surface area contributed by atoms with Gasteiger partial charge in [-0.2, -0.15) is 0 Å². The maximum absolute atomic E-state index is 12.1. The Labute approximate surface area is 163 Å². The van der Waals surface area contributed by atoms with Crippen molar-refractivity contribution in [2.24, 2.45) is 0 Å². The number of nitrogens with zero attached hydrogens (tertiary/aromatic N) is 1. The predicted octanol–water partition coefficient (Wildman–Crippen LogP) is 3.29. The highest BCUT2D eigenvalue weighted by Gasteiger charge is 2.31. The molecule has 0 spiro atoms. The van der Waals surface area contributed by atoms with Gasteiger partial charge < -0.3 is 20.3 Å². The normalized spacial score (nSPS) is 13.9. The van der Waals surface area contributed by atoms with E-state index >= 15 is 0 Å². The second-order valence-electron chi connectivity index (χ2n) is 6.18. The molecular weight excluding hydrogens is 391 g/mol. The van der Waals surface area contributed by atoms with Gasteiger partial charge in [0, 0.05) is 30.0 Å². The Kier molecular flexibility index (Phi) is 5.71. The van der Waals surface area contributed by atoms with Gasteiger partial charge in [0.2, 0.25) is 5.91 Å². The van der Waals surface area contributed by atoms with Gasteiger partial charge in [0.1, 0.15) is 5.75 Å². The van der Waals surface area contributed by atoms with Crippen molar-refractivity contribution >= 4 is 34.8 Å². The summed E-state index contributed by atoms with van der Waals surface area (Å²) in [6.45, 7) is 0.588. The highest BCUT2D eigenvalue weighted by Crippen LogP contribution is 2.25. The summed E-state index contributed by atoms with van der Waals surface area (Å²) < 4.78 is 40.2. The van der Waals surface area contributed by atoms with Gasteiger partial charge in [0.15, 0.2) is 0 Å². The Balaban J connectivity index is 1.59. The molecule has 0 radical (unpaired) electrons. The van der Waals surface area contributed by atoms with E-state index in [2.05, 4.69) is 15.4 Å². The number of halogens is 3. The molecule has 3 rings (SSSR count). The average molecular weight is 407 g/mol. The van der Waals surface area contributed by atoms with Crippen molar-refractivity contribution in [3.63, 3.8) is 0 Å². The number of alkyl halides is 3. The van der Waals surface area contributed by atoms with Crippen molar-refractivity contribution in [3.05, 3.63) is 48.5 Å². The van der Waals surface area contributed by atoms with E-state index in [9.17, 15) is 27.6 Å². The summed E-state index contributed by atoms with van der Waals surface area (Å²) in [6.07, 6.45) is -3.60. The van der Waals surface area contributed by atoms with Crippen LogP contribution in [-0.2, 0) is 14.4 Å². The zero-order valence-electron chi connectivity index (χ0n) is 15.0. The third-order valence-electron chi connectivity index (χ3n) is 4.04. The van der Waals surface area contributed by atoms with E-state index in [0.29, 0.717) is 24.3 Å². The van der Waals surface area contributed by atoms with Gasteiger partial charge in [-0.05, 0) is 48.9 Å². The minimum absolute atomic E-state index is 0.0100. The molecule has 2 aromatic rings. The Morgan fingerprint density at radius 3 is 2.21 bits per heavy atom. The van der Waals surface area contributed by atoms with Crippen LogP contribution < -0.4 is 20.3 Å². The van der Waals surface area contributed by atoms with E-state index in [0.717, 1.165) is 18.6 Å². The first-order valence-corrected chi connectivity index (χ1v) is 8.60. The van der Waals surface area contributed by atoms with Crippen molar-refractivity contribution in [2.75, 3.05) is 22.1 Å². The third kappa shape index (κ3) is 5.47. The molecule has 0 saturated carbocycles. The molecule has 0 unspecified atom stereocenters. The van der Waals surface area contributed by atoms with E-state index < -0.39 is 23.9 Å². The van der Waals surface area contributed by atoms with Gasteiger partial charge in [-0.25, -0.2) is 0 Å². The van der Waals surface area contributed by atoms with Crippen LogP contribution in [0.2, 0.25) is 0 Å². The van der Waals surface area contributed by atoms with Gasteiger partial charge in [-0.1, -0.05) is 6.07 Å². The van der Waals surface area contributed by atoms with Crippen LogP contribution in [0.25, 0.3) is 0 Å². The minimum Gasteiger partial charge on any atom is -0.406 e. The number of hydrogen-bond donors (Lipinski definition) is 2. The lowest BCUT2D eigenvalue weighted by Gasteiger charge is -2.16. The van der Waals surface area contributed by atoms with Crippen molar-refractivity contribution in [1.29, 1.82) is 0 Å². The predicted molar refractivity (Wildman–Crippen MR) is 98.4 cm³/mol. The Bertz CT molecular complexity index is 929. The highest BCUT2D eigenvalue weighted by molar-refractivity contribution is 6.43. The van der Waals surface area contributed by atoms with Crippen molar-refractivity contribution in [2.45, 2.75) is 19.2 Å². The van der Waals surface area contributed by atoms with Gasteiger partial charge in [0.05, 0.1) is 0 Å². The Hall–Kier alpha value is -3.56. The maximum Gasteiger partial charge on any atom is 0.573 e. The number of anilines is 3. The van der Waals surface area contributed by atoms with Crippen LogP contribution in [0.3, 0.4) is 0 Å². The fourth-order valence-electron chi connectivity index (χ4n) is 2.79. The van der Waals surface area contributed by atoms with Crippen molar-refractivity contribution < 1.29 is 32.3 Å². The van der Waals surface area contributed by atoms with Gasteiger partial charge in [0.25, 0.3) is 0 Å². The lowest BCUT2D eigenvalue weighted by molar-refractivity contribution is -0.274. The maximum atomic E-state index is 12.1. The molecule has 152 valence electrons. The largest absolute Gasteiger partial charge is 0.573 e. The monoisotopic (exact) mass is 407 g/mol. The summed E-state index contributed by atoms with van der Waals surface area (Å²) in [4.78, 5) is 37.5. The fourth-order valence-corrected chi connectivity index (χ4v) is 2.79. The molecule has 10 heteroatoms. The zero-order chi connectivity index (χ0) is 21.0. The van der Waals surface area contributed by atoms with Crippen LogP contribution in [0.1, 0.15) is 12.8 Å². The molecule has 3 amide bonds. The molecule has 1 aliphatic heterocycles. The lowest BCUT2D eigenvalue weighted by Crippen LogP contribution is -2.29. The highest BCUT2D eigenvalue weighted by atomic mass is 19.4. The van der Waals surface area contributed by atoms with Crippen LogP contribution in [-0.4, -0.2) is 30.6 Å². The molecule has 0 atom stereocenters. The molecule has 1 saturated heterocycles. The number of amides is 3. The number of nitrogens with one attached hydrogen (secondary N) is 2. The molecule has 1 aliphatic rings. The first-order chi connectivity index (χ1) is 13.7. The molecule has 0 bridgehead atoms. The molecule has 1 fully saturated rings. The number of rotatable bonds is 4. The molecule has 1 heterocycles. The quantitative estimate of drug-likeness (QED) is 0.762. The van der Waals surface area contributed by atoms with Gasteiger partial charge in [-0.3, -0.25) is 14.4 Å². The second-order valence-corrected chi connectivity index (χ2v) is 6.18. The second kappa shape index (κ2) is 8.21. The van der Waals surface area contributed by atoms with E-state index in [-0.39, 0.29) is 11.6 Å². The molecule has 2 aromatic carbocycles. The van der Waals surface area contributed by atoms with E-state index in [4.69, 9.17) is 0 Å². The minimum atomic E-state index is -4.82. The van der Waals surface area contributed by atoms with Gasteiger partial charge in [-0.15, -0.1) is 13.2 Å². The summed E-state index contributed by atoms with van der Waals surface area (Å²) in [5, 5.41) is 4.70. The fraction of sp³-hybridized carbons (Fsp3) is 0.211. The number of hydrogen-bond acceptors (Lipinski definition) is 4. The summed E-state index contributed by atoms with van der Waals surface area (Å²) in [5.74, 6) is -2.43. The van der Waals surface area contributed by atoms with Gasteiger partial charge >= 0.3 is 18.2 Å². The summed E-state index contributed by atoms with van der Waals surface area (Å²) >= 11 is 0. The van der Waals surface area contributed by atoms with E-state index in [1.807, 2.05) is 0 Å². The molecule has 7 nitrogen and oxygen atoms in total. The summed E-state index contributed by atoms with van der Waals surface area (Å²) in [6, 6.07) is 10.9. The number of benzene rings is 2. The molecule has 0 aliphatic carbocycles. The van der Waals surface area contributed by atoms with Crippen LogP contribution in [0.4, 0.5) is 30.2 Å². The lowest BCUT2D eigenvalue weighted by atomic mass is 10.2. The van der Waals surface area contributed by atoms with Crippen LogP contribution in [0, 0.1) is 0 Å². The Morgan fingerprint density at radius 1 is 0.966 bits per heavy atom. The van der Waals surface area contributed by atoms with Crippen LogP contribution in [0.15, 0.2) is 48.5 Å². The number of ether oxygens (including phenoxy) is 1. The molecule has 29 heavy (non-hydrogen) atoms. The number of carbonyl (C=O) groups is 3. The molecule has 2 N–H and O–H groups in total. The van der Waals surface area contributed by atoms with Crippen LogP contribution in [0.5, 0.6) is 5.75 Å². The third-order valence-corrected chi connectivity index (χ3v) is 4.04. The summed E-state index contributed by atoms with van der Waals surface area (Å²) in [7, 11) is 0. The van der Waals surface area contributed by atoms with E-state index in [1.54, 1.807) is 29.2 Å². The average Bonchev–Trinajstić information content (AvgIpc) is 3.08. The Morgan fingerprint density at radius 2 is 1.62 bits per heavy atom. The standard InChI is InChI=1S/C19H16F3N3O4/c20-19(21,22)29-15-8-6-12(7-9-15)23-17(27)18(28)24-13-3-1-4-14(11-13)25-10-2-5-16(25)26/h1,3-4,6-9,11H,2,5,10H2,(H,23,27)(H,24,28). The van der Waals surface area contributed by atoms with Crippen LogP contribution >= 0.6 is 0 Å². The smallest absolute Gasteiger partial charge is 0.406 e. The summed E-state index contributed by atoms with van der Waals surface area (Å²) in [5.41, 5.74) is 1.07. The molecular formula is C19H16F3N3O4. The first kappa shape index (κ1) is 20.2. The van der Waals surface area contributed by atoms with E-state index in [1.165, 1.54) is 12.1 Å². The van der Waals surface area contributed by atoms with Crippen molar-refractivity contribution in [3.8, 4) is 5.75 Å². The molecule has 0 aromatic heterocycles.